The molecule has 3 aliphatic carbocycles. The average Bonchev–Trinajstić information content (AvgIpc) is 2.83. The molecule has 2 heteroatoms. The lowest BCUT2D eigenvalue weighted by molar-refractivity contribution is 0.842. The Morgan fingerprint density at radius 2 is 1.83 bits per heavy atom. The van der Waals surface area contributed by atoms with Crippen molar-refractivity contribution in [3.05, 3.63) is 81.4 Å². The number of benzene rings is 1. The van der Waals surface area contributed by atoms with Crippen LogP contribution in [0.5, 0.6) is 0 Å². The summed E-state index contributed by atoms with van der Waals surface area (Å²) in [5.74, 6) is 0.349. The monoisotopic (exact) mass is 272 g/mol. The van der Waals surface area contributed by atoms with Crippen LogP contribution in [0.25, 0.3) is 0 Å². The lowest BCUT2D eigenvalue weighted by atomic mass is 9.80. The highest BCUT2D eigenvalue weighted by Crippen LogP contribution is 2.58. The van der Waals surface area contributed by atoms with Crippen molar-refractivity contribution < 1.29 is 0 Å². The molecule has 0 aromatic heterocycles. The maximum Gasteiger partial charge on any atom is 0.0592 e. The van der Waals surface area contributed by atoms with Gasteiger partial charge < -0.3 is 0 Å². The number of allylic oxidation sites excluding steroid dienone is 8. The highest BCUT2D eigenvalue weighted by Gasteiger charge is 2.48. The Balaban J connectivity index is 2.05. The smallest absolute Gasteiger partial charge is 0.0592 e. The van der Waals surface area contributed by atoms with Crippen molar-refractivity contribution >= 4 is 23.2 Å². The first-order valence-corrected chi connectivity index (χ1v) is 6.73. The van der Waals surface area contributed by atoms with Crippen LogP contribution in [0.1, 0.15) is 17.0 Å². The fraction of sp³-hybridized carbons (Fsp3) is 0.125. The van der Waals surface area contributed by atoms with E-state index in [1.54, 1.807) is 0 Å². The predicted octanol–water partition coefficient (Wildman–Crippen LogP) is 4.78. The third-order valence-electron chi connectivity index (χ3n) is 4.11. The van der Waals surface area contributed by atoms with Crippen LogP contribution in [0.15, 0.2) is 70.3 Å². The molecule has 0 spiro atoms. The number of fused-ring (bicyclic) bond motifs is 2. The Kier molecular flexibility index (Phi) is 2.02. The van der Waals surface area contributed by atoms with Crippen LogP contribution in [0, 0.1) is 0 Å². The Hall–Kier alpha value is -1.24. The summed E-state index contributed by atoms with van der Waals surface area (Å²) in [6.07, 6.45) is 10.7. The summed E-state index contributed by atoms with van der Waals surface area (Å²) in [5, 5.41) is 1.25. The highest BCUT2D eigenvalue weighted by molar-refractivity contribution is 6.41. The van der Waals surface area contributed by atoms with Gasteiger partial charge in [0.05, 0.1) is 15.5 Å². The van der Waals surface area contributed by atoms with Crippen molar-refractivity contribution in [1.29, 1.82) is 0 Å². The fourth-order valence-corrected chi connectivity index (χ4v) is 3.61. The van der Waals surface area contributed by atoms with E-state index in [1.165, 1.54) is 16.7 Å². The van der Waals surface area contributed by atoms with E-state index in [-0.39, 0.29) is 5.41 Å². The molecule has 1 aromatic rings. The van der Waals surface area contributed by atoms with E-state index in [9.17, 15) is 0 Å². The third kappa shape index (κ3) is 1.13. The van der Waals surface area contributed by atoms with Gasteiger partial charge in [0.2, 0.25) is 0 Å². The first-order valence-electron chi connectivity index (χ1n) is 5.98. The molecule has 2 atom stereocenters. The molecule has 0 heterocycles. The molecule has 0 N–H and O–H groups in total. The zero-order chi connectivity index (χ0) is 12.3. The minimum absolute atomic E-state index is 0.127. The van der Waals surface area contributed by atoms with E-state index >= 15 is 0 Å². The van der Waals surface area contributed by atoms with Gasteiger partial charge in [-0.3, -0.25) is 0 Å². The largest absolute Gasteiger partial charge is 0.0827 e. The average molecular weight is 273 g/mol. The van der Waals surface area contributed by atoms with Crippen molar-refractivity contribution in [3.8, 4) is 0 Å². The molecule has 2 unspecified atom stereocenters. The second-order valence-electron chi connectivity index (χ2n) is 4.92. The normalized spacial score (nSPS) is 31.2. The lowest BCUT2D eigenvalue weighted by Gasteiger charge is -2.22. The molecule has 0 radical (unpaired) electrons. The number of rotatable bonds is 0. The van der Waals surface area contributed by atoms with Gasteiger partial charge in [-0.2, -0.15) is 0 Å². The van der Waals surface area contributed by atoms with Gasteiger partial charge in [-0.1, -0.05) is 65.7 Å². The minimum atomic E-state index is -0.127. The summed E-state index contributed by atoms with van der Waals surface area (Å²) in [6.45, 7) is 0. The van der Waals surface area contributed by atoms with E-state index in [1.807, 2.05) is 12.2 Å². The zero-order valence-electron chi connectivity index (χ0n) is 9.53. The van der Waals surface area contributed by atoms with Gasteiger partial charge in [0, 0.05) is 5.92 Å². The summed E-state index contributed by atoms with van der Waals surface area (Å²) in [7, 11) is 0. The number of hydrogen-bond acceptors (Lipinski definition) is 0. The summed E-state index contributed by atoms with van der Waals surface area (Å²) in [6, 6.07) is 8.59. The molecule has 4 rings (SSSR count). The van der Waals surface area contributed by atoms with Gasteiger partial charge in [0.15, 0.2) is 0 Å². The second-order valence-corrected chi connectivity index (χ2v) is 5.74. The topological polar surface area (TPSA) is 0 Å². The van der Waals surface area contributed by atoms with Gasteiger partial charge in [-0.25, -0.2) is 0 Å². The summed E-state index contributed by atoms with van der Waals surface area (Å²) < 4.78 is 0. The standard InChI is InChI=1S/C16H10Cl2/c17-14-6-8-16-7-5-11(13(16)9-15(14)18)10-3-1-2-4-12(10)16/h1-9,11H. The molecule has 1 aromatic carbocycles. The molecule has 18 heavy (non-hydrogen) atoms. The van der Waals surface area contributed by atoms with E-state index in [4.69, 9.17) is 23.2 Å². The molecular weight excluding hydrogens is 263 g/mol. The SMILES string of the molecule is ClC1=C(Cl)C=C2C3C=CC2(C=C1)c1ccccc13. The Morgan fingerprint density at radius 1 is 1.00 bits per heavy atom. The maximum atomic E-state index is 6.23. The molecule has 3 aliphatic rings. The maximum absolute atomic E-state index is 6.23. The third-order valence-corrected chi connectivity index (χ3v) is 4.85. The molecule has 0 fully saturated rings. The summed E-state index contributed by atoms with van der Waals surface area (Å²) in [4.78, 5) is 0. The minimum Gasteiger partial charge on any atom is -0.0827 e. The van der Waals surface area contributed by atoms with Gasteiger partial charge in [-0.05, 0) is 28.9 Å². The Bertz CT molecular complexity index is 676. The first kappa shape index (κ1) is 10.7. The van der Waals surface area contributed by atoms with Crippen LogP contribution in [0.3, 0.4) is 0 Å². The second kappa shape index (κ2) is 3.40. The number of hydrogen-bond donors (Lipinski definition) is 0. The van der Waals surface area contributed by atoms with Gasteiger partial charge >= 0.3 is 0 Å². The van der Waals surface area contributed by atoms with Crippen LogP contribution >= 0.6 is 23.2 Å². The van der Waals surface area contributed by atoms with Crippen molar-refractivity contribution in [2.75, 3.05) is 0 Å². The Labute approximate surface area is 116 Å². The summed E-state index contributed by atoms with van der Waals surface area (Å²) in [5.41, 5.74) is 3.94. The van der Waals surface area contributed by atoms with E-state index in [2.05, 4.69) is 42.5 Å². The first-order chi connectivity index (χ1) is 8.72. The molecule has 88 valence electrons. The van der Waals surface area contributed by atoms with Crippen molar-refractivity contribution in [2.45, 2.75) is 11.3 Å². The fourth-order valence-electron chi connectivity index (χ4n) is 3.31. The molecule has 0 nitrogen and oxygen atoms in total. The van der Waals surface area contributed by atoms with Crippen molar-refractivity contribution in [1.82, 2.24) is 0 Å². The number of halogens is 2. The quantitative estimate of drug-likeness (QED) is 0.597. The molecular formula is C16H10Cl2. The van der Waals surface area contributed by atoms with Crippen LogP contribution in [-0.4, -0.2) is 0 Å². The Morgan fingerprint density at radius 3 is 2.72 bits per heavy atom. The van der Waals surface area contributed by atoms with Crippen LogP contribution in [-0.2, 0) is 5.41 Å². The molecule has 0 saturated carbocycles. The molecule has 0 amide bonds. The van der Waals surface area contributed by atoms with E-state index < -0.39 is 0 Å². The van der Waals surface area contributed by atoms with Crippen LogP contribution < -0.4 is 0 Å². The zero-order valence-corrected chi connectivity index (χ0v) is 11.0. The predicted molar refractivity (Wildman–Crippen MR) is 76.0 cm³/mol. The van der Waals surface area contributed by atoms with Gasteiger partial charge in [0.1, 0.15) is 0 Å². The van der Waals surface area contributed by atoms with E-state index in [0.717, 1.165) is 0 Å². The summed E-state index contributed by atoms with van der Waals surface area (Å²) >= 11 is 12.4. The van der Waals surface area contributed by atoms with Crippen molar-refractivity contribution in [2.24, 2.45) is 0 Å². The molecule has 0 aliphatic heterocycles. The highest BCUT2D eigenvalue weighted by atomic mass is 35.5. The van der Waals surface area contributed by atoms with Gasteiger partial charge in [0.25, 0.3) is 0 Å². The molecule has 0 saturated heterocycles. The molecule has 2 bridgehead atoms. The van der Waals surface area contributed by atoms with Gasteiger partial charge in [-0.15, -0.1) is 0 Å². The van der Waals surface area contributed by atoms with E-state index in [0.29, 0.717) is 16.0 Å². The van der Waals surface area contributed by atoms with Crippen LogP contribution in [0.4, 0.5) is 0 Å². The van der Waals surface area contributed by atoms with Crippen molar-refractivity contribution in [3.63, 3.8) is 0 Å². The lowest BCUT2D eigenvalue weighted by Crippen LogP contribution is -2.17. The van der Waals surface area contributed by atoms with Crippen LogP contribution in [0.2, 0.25) is 0 Å².